The number of piperidine rings is 1. The summed E-state index contributed by atoms with van der Waals surface area (Å²) in [6.07, 6.45) is 6.04. The second-order valence-electron chi connectivity index (χ2n) is 6.83. The fourth-order valence-electron chi connectivity index (χ4n) is 2.84. The Labute approximate surface area is 124 Å². The minimum atomic E-state index is 0.147. The van der Waals surface area contributed by atoms with Gasteiger partial charge in [-0.1, -0.05) is 26.7 Å². The summed E-state index contributed by atoms with van der Waals surface area (Å²) in [4.78, 5) is 15.5. The van der Waals surface area contributed by atoms with Gasteiger partial charge in [-0.15, -0.1) is 0 Å². The Bertz CT molecular complexity index is 283. The molecule has 0 aromatic carbocycles. The van der Waals surface area contributed by atoms with Gasteiger partial charge in [-0.2, -0.15) is 0 Å². The Hall–Kier alpha value is -0.770. The van der Waals surface area contributed by atoms with Crippen molar-refractivity contribution in [2.24, 2.45) is 5.92 Å². The fraction of sp³-hybridized carbons (Fsp3) is 0.938. The van der Waals surface area contributed by atoms with Crippen LogP contribution in [0, 0.1) is 5.92 Å². The van der Waals surface area contributed by atoms with E-state index in [0.29, 0.717) is 12.1 Å². The minimum absolute atomic E-state index is 0.147. The number of carbonyl (C=O) groups excluding carboxylic acids is 1. The molecule has 118 valence electrons. The molecule has 2 amide bonds. The lowest BCUT2D eigenvalue weighted by atomic mass is 10.0. The molecule has 0 radical (unpaired) electrons. The van der Waals surface area contributed by atoms with E-state index in [4.69, 9.17) is 0 Å². The molecule has 1 atom stereocenters. The third-order valence-electron chi connectivity index (χ3n) is 4.09. The van der Waals surface area contributed by atoms with Crippen LogP contribution in [0.1, 0.15) is 52.9 Å². The molecule has 0 spiro atoms. The SMILES string of the molecule is CC(C)CCCC(C)NC1CCN(C(=O)N(C)C)CC1. The van der Waals surface area contributed by atoms with Crippen molar-refractivity contribution < 1.29 is 4.79 Å². The third kappa shape index (κ3) is 6.12. The zero-order valence-corrected chi connectivity index (χ0v) is 14.0. The van der Waals surface area contributed by atoms with Crippen LogP contribution in [0.3, 0.4) is 0 Å². The zero-order valence-electron chi connectivity index (χ0n) is 14.0. The van der Waals surface area contributed by atoms with Crippen molar-refractivity contribution in [2.75, 3.05) is 27.2 Å². The van der Waals surface area contributed by atoms with Crippen molar-refractivity contribution in [3.8, 4) is 0 Å². The van der Waals surface area contributed by atoms with Gasteiger partial charge < -0.3 is 15.1 Å². The van der Waals surface area contributed by atoms with Gasteiger partial charge in [0.2, 0.25) is 0 Å². The molecule has 1 N–H and O–H groups in total. The van der Waals surface area contributed by atoms with E-state index in [1.54, 1.807) is 4.90 Å². The van der Waals surface area contributed by atoms with Gasteiger partial charge in [0, 0.05) is 39.3 Å². The summed E-state index contributed by atoms with van der Waals surface area (Å²) in [5.41, 5.74) is 0. The van der Waals surface area contributed by atoms with Gasteiger partial charge in [0.25, 0.3) is 0 Å². The van der Waals surface area contributed by atoms with Crippen LogP contribution in [0.5, 0.6) is 0 Å². The quantitative estimate of drug-likeness (QED) is 0.813. The lowest BCUT2D eigenvalue weighted by Crippen LogP contribution is -2.49. The predicted molar refractivity (Wildman–Crippen MR) is 85.0 cm³/mol. The Morgan fingerprint density at radius 1 is 1.20 bits per heavy atom. The number of nitrogens with one attached hydrogen (secondary N) is 1. The van der Waals surface area contributed by atoms with Crippen LogP contribution in [0.25, 0.3) is 0 Å². The Kier molecular flexibility index (Phi) is 7.35. The number of carbonyl (C=O) groups is 1. The van der Waals surface area contributed by atoms with Crippen molar-refractivity contribution in [1.29, 1.82) is 0 Å². The number of urea groups is 1. The predicted octanol–water partition coefficient (Wildman–Crippen LogP) is 2.94. The fourth-order valence-corrected chi connectivity index (χ4v) is 2.84. The largest absolute Gasteiger partial charge is 0.331 e. The van der Waals surface area contributed by atoms with E-state index in [1.165, 1.54) is 19.3 Å². The van der Waals surface area contributed by atoms with Gasteiger partial charge in [0.05, 0.1) is 0 Å². The lowest BCUT2D eigenvalue weighted by molar-refractivity contribution is 0.150. The van der Waals surface area contributed by atoms with Crippen molar-refractivity contribution in [2.45, 2.75) is 65.0 Å². The van der Waals surface area contributed by atoms with E-state index in [2.05, 4.69) is 26.1 Å². The van der Waals surface area contributed by atoms with Crippen LogP contribution < -0.4 is 5.32 Å². The van der Waals surface area contributed by atoms with Crippen LogP contribution in [0.4, 0.5) is 4.79 Å². The average molecular weight is 283 g/mol. The summed E-state index contributed by atoms with van der Waals surface area (Å²) in [6.45, 7) is 8.63. The molecule has 0 aromatic heterocycles. The maximum absolute atomic E-state index is 11.9. The second-order valence-corrected chi connectivity index (χ2v) is 6.83. The molecule has 0 bridgehead atoms. The number of hydrogen-bond acceptors (Lipinski definition) is 2. The molecule has 1 saturated heterocycles. The van der Waals surface area contributed by atoms with Crippen molar-refractivity contribution in [3.63, 3.8) is 0 Å². The molecular formula is C16H33N3O. The minimum Gasteiger partial charge on any atom is -0.331 e. The molecule has 1 fully saturated rings. The summed E-state index contributed by atoms with van der Waals surface area (Å²) >= 11 is 0. The molecule has 1 aliphatic heterocycles. The second kappa shape index (κ2) is 8.50. The number of amides is 2. The molecule has 1 heterocycles. The Balaban J connectivity index is 2.20. The molecule has 0 aromatic rings. The summed E-state index contributed by atoms with van der Waals surface area (Å²) < 4.78 is 0. The molecular weight excluding hydrogens is 250 g/mol. The molecule has 1 aliphatic rings. The molecule has 20 heavy (non-hydrogen) atoms. The Morgan fingerprint density at radius 2 is 1.80 bits per heavy atom. The first-order valence-corrected chi connectivity index (χ1v) is 8.12. The maximum atomic E-state index is 11.9. The molecule has 1 unspecified atom stereocenters. The van der Waals surface area contributed by atoms with Crippen LogP contribution >= 0.6 is 0 Å². The zero-order chi connectivity index (χ0) is 15.1. The Morgan fingerprint density at radius 3 is 2.30 bits per heavy atom. The highest BCUT2D eigenvalue weighted by Crippen LogP contribution is 2.14. The summed E-state index contributed by atoms with van der Waals surface area (Å²) in [5, 5.41) is 3.73. The highest BCUT2D eigenvalue weighted by Gasteiger charge is 2.24. The first kappa shape index (κ1) is 17.3. The number of hydrogen-bond donors (Lipinski definition) is 1. The van der Waals surface area contributed by atoms with Crippen LogP contribution in [-0.4, -0.2) is 55.1 Å². The van der Waals surface area contributed by atoms with Gasteiger partial charge in [-0.25, -0.2) is 4.79 Å². The smallest absolute Gasteiger partial charge is 0.319 e. The van der Waals surface area contributed by atoms with Crippen molar-refractivity contribution >= 4 is 6.03 Å². The maximum Gasteiger partial charge on any atom is 0.319 e. The first-order chi connectivity index (χ1) is 9.40. The number of likely N-dealkylation sites (tertiary alicyclic amines) is 1. The lowest BCUT2D eigenvalue weighted by Gasteiger charge is -2.35. The molecule has 0 aliphatic carbocycles. The molecule has 1 rings (SSSR count). The summed E-state index contributed by atoms with van der Waals surface area (Å²) in [7, 11) is 3.65. The molecule has 4 nitrogen and oxygen atoms in total. The molecule has 4 heteroatoms. The van der Waals surface area contributed by atoms with Gasteiger partial charge in [0.15, 0.2) is 0 Å². The van der Waals surface area contributed by atoms with Crippen LogP contribution in [0.2, 0.25) is 0 Å². The summed E-state index contributed by atoms with van der Waals surface area (Å²) in [6, 6.07) is 1.32. The van der Waals surface area contributed by atoms with E-state index in [-0.39, 0.29) is 6.03 Å². The van der Waals surface area contributed by atoms with Crippen LogP contribution in [-0.2, 0) is 0 Å². The van der Waals surface area contributed by atoms with E-state index in [1.807, 2.05) is 19.0 Å². The highest BCUT2D eigenvalue weighted by atomic mass is 16.2. The van der Waals surface area contributed by atoms with Crippen molar-refractivity contribution in [3.05, 3.63) is 0 Å². The first-order valence-electron chi connectivity index (χ1n) is 8.12. The highest BCUT2D eigenvalue weighted by molar-refractivity contribution is 5.73. The average Bonchev–Trinajstić information content (AvgIpc) is 2.38. The van der Waals surface area contributed by atoms with Gasteiger partial charge in [0.1, 0.15) is 0 Å². The van der Waals surface area contributed by atoms with E-state index >= 15 is 0 Å². The number of rotatable bonds is 6. The normalized spacial score (nSPS) is 18.4. The van der Waals surface area contributed by atoms with E-state index in [9.17, 15) is 4.79 Å². The third-order valence-corrected chi connectivity index (χ3v) is 4.09. The van der Waals surface area contributed by atoms with E-state index < -0.39 is 0 Å². The van der Waals surface area contributed by atoms with Crippen LogP contribution in [0.15, 0.2) is 0 Å². The van der Waals surface area contributed by atoms with Gasteiger partial charge in [-0.3, -0.25) is 0 Å². The monoisotopic (exact) mass is 283 g/mol. The summed E-state index contributed by atoms with van der Waals surface area (Å²) in [5.74, 6) is 0.808. The topological polar surface area (TPSA) is 35.6 Å². The molecule has 0 saturated carbocycles. The van der Waals surface area contributed by atoms with E-state index in [0.717, 1.165) is 31.8 Å². The standard InChI is InChI=1S/C16H33N3O/c1-13(2)7-6-8-14(3)17-15-9-11-19(12-10-15)16(20)18(4)5/h13-15,17H,6-12H2,1-5H3. The van der Waals surface area contributed by atoms with Gasteiger partial charge >= 0.3 is 6.03 Å². The van der Waals surface area contributed by atoms with Gasteiger partial charge in [-0.05, 0) is 32.1 Å². The van der Waals surface area contributed by atoms with Crippen molar-refractivity contribution in [1.82, 2.24) is 15.1 Å². The number of nitrogens with zero attached hydrogens (tertiary/aromatic N) is 2.